The monoisotopic (exact) mass is 1450 g/mol. The summed E-state index contributed by atoms with van der Waals surface area (Å²) >= 11 is 0. The van der Waals surface area contributed by atoms with E-state index in [1.54, 1.807) is 66.7 Å². The zero-order valence-corrected chi connectivity index (χ0v) is 55.2. The fourth-order valence-corrected chi connectivity index (χ4v) is 15.1. The first-order chi connectivity index (χ1) is 50.2. The van der Waals surface area contributed by atoms with Crippen molar-refractivity contribution in [1.29, 1.82) is 0 Å². The van der Waals surface area contributed by atoms with E-state index in [2.05, 4.69) is 0 Å². The summed E-state index contributed by atoms with van der Waals surface area (Å²) in [6.07, 6.45) is -9.34. The van der Waals surface area contributed by atoms with Crippen LogP contribution in [0.4, 0.5) is 0 Å². The number of Topliss-reactive ketones (excluding diaryl/α,β-unsaturated/α-hetero) is 4. The van der Waals surface area contributed by atoms with E-state index < -0.39 is 131 Å². The van der Waals surface area contributed by atoms with E-state index in [1.165, 1.54) is 51.7 Å². The van der Waals surface area contributed by atoms with Crippen molar-refractivity contribution in [3.63, 3.8) is 0 Å². The van der Waals surface area contributed by atoms with Gasteiger partial charge in [-0.15, -0.1) is 0 Å². The molecule has 17 rings (SSSR count). The van der Waals surface area contributed by atoms with E-state index in [-0.39, 0.29) is 128 Å². The molecule has 4 bridgehead atoms. The highest BCUT2D eigenvalue weighted by molar-refractivity contribution is 6.07. The summed E-state index contributed by atoms with van der Waals surface area (Å²) < 4.78 is 56.6. The fraction of sp³-hybridized carbons (Fsp3) is 0.280. The molecule has 2 fully saturated rings. The number of rotatable bonds is 11. The molecule has 30 heteroatoms. The highest BCUT2D eigenvalue weighted by atomic mass is 16.6. The average Bonchev–Trinajstić information content (AvgIpc) is 1.61. The van der Waals surface area contributed by atoms with Crippen LogP contribution >= 0.6 is 0 Å². The van der Waals surface area contributed by atoms with Crippen LogP contribution in [0.1, 0.15) is 101 Å². The topological polar surface area (TPSA) is 484 Å². The number of ether oxygens (including phenoxy) is 10. The lowest BCUT2D eigenvalue weighted by atomic mass is 9.55. The van der Waals surface area contributed by atoms with Crippen LogP contribution in [0.25, 0.3) is 0 Å². The number of hydrogen-bond acceptors (Lipinski definition) is 30. The van der Waals surface area contributed by atoms with Crippen molar-refractivity contribution in [2.45, 2.75) is 72.6 Å². The second-order valence-electron chi connectivity index (χ2n) is 26.0. The van der Waals surface area contributed by atoms with Gasteiger partial charge in [0.25, 0.3) is 0 Å². The number of fused-ring (bicyclic) bond motifs is 5. The van der Waals surface area contributed by atoms with Crippen LogP contribution < -0.4 is 42.6 Å². The van der Waals surface area contributed by atoms with Crippen molar-refractivity contribution in [3.05, 3.63) is 183 Å². The Hall–Kier alpha value is -11.9. The van der Waals surface area contributed by atoms with Crippen molar-refractivity contribution in [2.24, 2.45) is 17.8 Å². The van der Waals surface area contributed by atoms with E-state index in [0.717, 1.165) is 30.3 Å². The van der Waals surface area contributed by atoms with Gasteiger partial charge in [-0.2, -0.15) is 0 Å². The summed E-state index contributed by atoms with van der Waals surface area (Å²) in [7, 11) is 4.23. The van der Waals surface area contributed by atoms with Gasteiger partial charge in [-0.3, -0.25) is 19.2 Å². The van der Waals surface area contributed by atoms with E-state index in [4.69, 9.17) is 47.4 Å². The maximum Gasteiger partial charge on any atom is 0.234 e. The number of benzene rings is 8. The highest BCUT2D eigenvalue weighted by Gasteiger charge is 2.69. The molecular formula is C75H66O30. The van der Waals surface area contributed by atoms with Gasteiger partial charge in [0.1, 0.15) is 74.5 Å². The van der Waals surface area contributed by atoms with Crippen LogP contribution in [0.3, 0.4) is 0 Å². The van der Waals surface area contributed by atoms with Crippen molar-refractivity contribution in [3.8, 4) is 109 Å². The maximum atomic E-state index is 13.3. The van der Waals surface area contributed by atoms with Crippen LogP contribution in [-0.4, -0.2) is 182 Å². The van der Waals surface area contributed by atoms with Crippen molar-refractivity contribution in [1.82, 2.24) is 0 Å². The SMILES string of the molecule is COc1cc(C2Oc3c(O)cc([C@H]4Oc5cc(O)cc(O)c5C(=O)[C@@H]4O)cc3C2CO)ccc1O.COc1cc(C2Oc3cc([C@H]4Oc5cc(O)cc(O)c5C(=O)[C@@H]4O)ccc3OC2CO)ccc1O.COc1cc([C@H]2C3C=C(C4Oc5cc(O)cc(O)c5C(=O)[C@@H]4O)C4C2CO[C@@]4(O)C3=O)ccc1O. The Kier molecular flexibility index (Phi) is 17.9. The molecule has 105 heavy (non-hydrogen) atoms. The third kappa shape index (κ3) is 11.8. The number of phenolic OH excluding ortho intramolecular Hbond substituents is 10. The van der Waals surface area contributed by atoms with Gasteiger partial charge in [0, 0.05) is 65.3 Å². The summed E-state index contributed by atoms with van der Waals surface area (Å²) in [6, 6.07) is 28.0. The second kappa shape index (κ2) is 26.7. The summed E-state index contributed by atoms with van der Waals surface area (Å²) in [4.78, 5) is 51.7. The molecule has 1 saturated carbocycles. The molecule has 0 spiro atoms. The van der Waals surface area contributed by atoms with Crippen LogP contribution in [0.2, 0.25) is 0 Å². The number of methoxy groups -OCH3 is 3. The minimum Gasteiger partial charge on any atom is -0.508 e. The maximum absolute atomic E-state index is 13.3. The van der Waals surface area contributed by atoms with Gasteiger partial charge in [0.05, 0.1) is 53.0 Å². The van der Waals surface area contributed by atoms with Gasteiger partial charge < -0.3 is 129 Å². The quantitative estimate of drug-likeness (QED) is 0.0684. The summed E-state index contributed by atoms with van der Waals surface area (Å²) in [5.41, 5.74) is 2.52. The molecule has 0 radical (unpaired) electrons. The summed E-state index contributed by atoms with van der Waals surface area (Å²) in [5, 5.41) is 164. The number of aromatic hydroxyl groups is 10. The Labute approximate surface area is 592 Å². The number of aliphatic hydroxyl groups excluding tert-OH is 5. The van der Waals surface area contributed by atoms with E-state index >= 15 is 0 Å². The van der Waals surface area contributed by atoms with E-state index in [9.17, 15) is 101 Å². The standard InChI is InChI=1S/3C25H22O10/c1-33-16-4-9(2-3-14(16)27)18-11-7-12(20-13(18)8-34-25(20,32)24(11)31)23-22(30)21(29)19-15(28)5-10(26)6-17(19)35-23;1-32-17-6-11(2-4-14(17)28)24-20(10-26)33-16-5-3-12(7-18(16)34-24)25-23(31)22(30)21-15(29)8-13(27)9-19(21)35-25;1-33-18-6-10(2-3-15(18)28)23-14(9-26)13-4-11(5-17(30)25(13)35-23)24-22(32)21(31)20-16(29)7-12(27)8-19(20)34-24/h2-7,11,13,18,20,22-23,26-28,30,32H,8H2,1H3;2-9,20,23-29,31H,10H2,1H3;2-8,14,22-24,26-30,32H,9H2,1H3/t11?,13?,18-,20?,22-,23?,25+;20?,23-,24?,25+;14?,22-,23?,24+/m000/s1. The fourth-order valence-electron chi connectivity index (χ4n) is 15.1. The van der Waals surface area contributed by atoms with Gasteiger partial charge in [-0.25, -0.2) is 0 Å². The van der Waals surface area contributed by atoms with Crippen LogP contribution in [0.15, 0.2) is 133 Å². The Bertz CT molecular complexity index is 4910. The molecule has 15 atom stereocenters. The zero-order valence-electron chi connectivity index (χ0n) is 55.2. The lowest BCUT2D eigenvalue weighted by Gasteiger charge is -2.50. The third-order valence-corrected chi connectivity index (χ3v) is 19.9. The Morgan fingerprint density at radius 1 is 0.429 bits per heavy atom. The molecule has 30 nitrogen and oxygen atoms in total. The predicted octanol–water partition coefficient (Wildman–Crippen LogP) is 5.76. The average molecular weight is 1450 g/mol. The lowest BCUT2D eigenvalue weighted by molar-refractivity contribution is -0.206. The van der Waals surface area contributed by atoms with Crippen molar-refractivity contribution in [2.75, 3.05) is 41.2 Å². The molecule has 8 aromatic rings. The Balaban J connectivity index is 0.000000133. The molecule has 9 aliphatic rings. The molecule has 0 aromatic heterocycles. The van der Waals surface area contributed by atoms with Crippen molar-refractivity contribution < 1.29 is 148 Å². The van der Waals surface area contributed by atoms with Gasteiger partial charge >= 0.3 is 0 Å². The highest BCUT2D eigenvalue weighted by Crippen LogP contribution is 2.62. The minimum absolute atomic E-state index is 0.0452. The molecule has 546 valence electrons. The first-order valence-corrected chi connectivity index (χ1v) is 32.5. The summed E-state index contributed by atoms with van der Waals surface area (Å²) in [5.74, 6) is -10.1. The predicted molar refractivity (Wildman–Crippen MR) is 355 cm³/mol. The molecular weight excluding hydrogens is 1380 g/mol. The molecule has 16 N–H and O–H groups in total. The largest absolute Gasteiger partial charge is 0.508 e. The molecule has 8 aromatic carbocycles. The van der Waals surface area contributed by atoms with Gasteiger partial charge in [-0.05, 0) is 88.5 Å². The molecule has 1 saturated heterocycles. The second-order valence-corrected chi connectivity index (χ2v) is 26.0. The number of carbonyl (C=O) groups is 4. The van der Waals surface area contributed by atoms with Gasteiger partial charge in [0.15, 0.2) is 112 Å². The van der Waals surface area contributed by atoms with Crippen LogP contribution in [-0.2, 0) is 9.53 Å². The first kappa shape index (κ1) is 70.2. The van der Waals surface area contributed by atoms with E-state index in [0.29, 0.717) is 39.1 Å². The third-order valence-electron chi connectivity index (χ3n) is 19.9. The molecule has 6 aliphatic heterocycles. The smallest absolute Gasteiger partial charge is 0.234 e. The summed E-state index contributed by atoms with van der Waals surface area (Å²) in [6.45, 7) is -0.664. The van der Waals surface area contributed by atoms with Crippen LogP contribution in [0, 0.1) is 17.8 Å². The Morgan fingerprint density at radius 2 is 0.876 bits per heavy atom. The van der Waals surface area contributed by atoms with Gasteiger partial charge in [-0.1, -0.05) is 30.3 Å². The number of phenols is 10. The molecule has 6 heterocycles. The molecule has 3 aliphatic carbocycles. The number of carbonyl (C=O) groups excluding carboxylic acids is 4. The van der Waals surface area contributed by atoms with Crippen LogP contribution in [0.5, 0.6) is 109 Å². The number of ketones is 4. The van der Waals surface area contributed by atoms with Crippen molar-refractivity contribution >= 4 is 23.1 Å². The van der Waals surface area contributed by atoms with Gasteiger partial charge in [0.2, 0.25) is 23.1 Å². The lowest BCUT2D eigenvalue weighted by Crippen LogP contribution is -2.60. The zero-order chi connectivity index (χ0) is 74.7. The number of allylic oxidation sites excluding steroid dienone is 1. The first-order valence-electron chi connectivity index (χ1n) is 32.5. The van der Waals surface area contributed by atoms with E-state index in [1.807, 2.05) is 0 Å². The number of hydrogen-bond donors (Lipinski definition) is 16. The molecule has 0 amide bonds. The minimum atomic E-state index is -2.13. The normalized spacial score (nSPS) is 26.8. The number of aliphatic hydroxyl groups is 6. The Morgan fingerprint density at radius 3 is 1.38 bits per heavy atom. The molecule has 8 unspecified atom stereocenters.